The van der Waals surface area contributed by atoms with Crippen LogP contribution < -0.4 is 0 Å². The van der Waals surface area contributed by atoms with Gasteiger partial charge in [-0.1, -0.05) is 6.92 Å². The van der Waals surface area contributed by atoms with Gasteiger partial charge in [-0.25, -0.2) is 4.79 Å². The Morgan fingerprint density at radius 2 is 1.74 bits per heavy atom. The summed E-state index contributed by atoms with van der Waals surface area (Å²) in [6.45, 7) is 7.89. The Morgan fingerprint density at radius 1 is 1.07 bits per heavy atom. The molecule has 2 saturated heterocycles. The number of allylic oxidation sites excluding steroid dienone is 1. The minimum Gasteiger partial charge on any atom is -0.504 e. The Kier molecular flexibility index (Phi) is 8.22. The number of carbonyl (C=O) groups excluding carboxylic acids is 5. The monoisotopic (exact) mass is 639 g/mol. The number of ether oxygens (including phenoxy) is 3. The third-order valence-electron chi connectivity index (χ3n) is 10.9. The molecular formula is C33H41N3O10. The number of rotatable bonds is 7. The third kappa shape index (κ3) is 4.99. The highest BCUT2D eigenvalue weighted by atomic mass is 16.6. The molecule has 248 valence electrons. The maximum Gasteiger partial charge on any atom is 0.340 e. The second kappa shape index (κ2) is 11.8. The zero-order valence-corrected chi connectivity index (χ0v) is 26.6. The molecule has 3 fully saturated rings. The van der Waals surface area contributed by atoms with Crippen molar-refractivity contribution in [2.24, 2.45) is 16.7 Å². The molecule has 0 aromatic rings. The molecular weight excluding hydrogens is 598 g/mol. The molecule has 0 spiro atoms. The largest absolute Gasteiger partial charge is 0.504 e. The average Bonchev–Trinajstić information content (AvgIpc) is 3.48. The zero-order chi connectivity index (χ0) is 33.1. The number of fused-ring (bicyclic) bond motifs is 4. The number of aliphatic hydroxyl groups is 2. The number of cyclic esters (lactones) is 1. The van der Waals surface area contributed by atoms with Crippen LogP contribution >= 0.6 is 0 Å². The van der Waals surface area contributed by atoms with Crippen LogP contribution in [0, 0.1) is 16.7 Å². The number of nitrogens with zero attached hydrogens (tertiary/aromatic N) is 3. The molecule has 1 saturated carbocycles. The van der Waals surface area contributed by atoms with Crippen LogP contribution in [-0.2, 0) is 38.2 Å². The number of amides is 2. The van der Waals surface area contributed by atoms with E-state index in [9.17, 15) is 34.2 Å². The van der Waals surface area contributed by atoms with Gasteiger partial charge in [-0.2, -0.15) is 0 Å². The first kappa shape index (κ1) is 32.1. The second-order valence-electron chi connectivity index (χ2n) is 13.5. The maximum absolute atomic E-state index is 14.2. The summed E-state index contributed by atoms with van der Waals surface area (Å²) in [5, 5.41) is 22.7. The molecule has 13 nitrogen and oxygen atoms in total. The van der Waals surface area contributed by atoms with Crippen LogP contribution in [0.5, 0.6) is 0 Å². The third-order valence-corrected chi connectivity index (χ3v) is 10.9. The number of ketones is 1. The van der Waals surface area contributed by atoms with E-state index in [-0.39, 0.29) is 48.5 Å². The number of hydrogen-bond acceptors (Lipinski definition) is 12. The number of aliphatic hydroxyl groups excluding tert-OH is 2. The van der Waals surface area contributed by atoms with Gasteiger partial charge >= 0.3 is 11.9 Å². The summed E-state index contributed by atoms with van der Waals surface area (Å²) in [5.74, 6) is -3.48. The minimum absolute atomic E-state index is 0.0369. The Bertz CT molecular complexity index is 1490. The summed E-state index contributed by atoms with van der Waals surface area (Å²) in [6, 6.07) is 0. The van der Waals surface area contributed by atoms with Crippen molar-refractivity contribution in [3.63, 3.8) is 0 Å². The van der Waals surface area contributed by atoms with Crippen LogP contribution in [0.15, 0.2) is 46.4 Å². The Balaban J connectivity index is 1.34. The van der Waals surface area contributed by atoms with Gasteiger partial charge in [0.25, 0.3) is 11.8 Å². The van der Waals surface area contributed by atoms with Crippen molar-refractivity contribution in [3.05, 3.63) is 46.4 Å². The van der Waals surface area contributed by atoms with E-state index in [1.54, 1.807) is 13.1 Å². The molecule has 0 bridgehead atoms. The van der Waals surface area contributed by atoms with Gasteiger partial charge in [-0.05, 0) is 37.7 Å². The molecule has 46 heavy (non-hydrogen) atoms. The fourth-order valence-corrected chi connectivity index (χ4v) is 8.46. The Morgan fingerprint density at radius 3 is 2.37 bits per heavy atom. The van der Waals surface area contributed by atoms with E-state index >= 15 is 0 Å². The first-order valence-electron chi connectivity index (χ1n) is 15.8. The van der Waals surface area contributed by atoms with E-state index in [1.807, 2.05) is 11.8 Å². The van der Waals surface area contributed by atoms with Gasteiger partial charge in [0.05, 0.1) is 23.7 Å². The van der Waals surface area contributed by atoms with E-state index in [2.05, 4.69) is 4.90 Å². The number of hydrogen-bond donors (Lipinski definition) is 2. The van der Waals surface area contributed by atoms with Crippen molar-refractivity contribution >= 4 is 29.5 Å². The molecule has 6 aliphatic rings. The minimum atomic E-state index is -1.28. The number of carbonyl (C=O) groups is 5. The van der Waals surface area contributed by atoms with E-state index < -0.39 is 52.6 Å². The van der Waals surface area contributed by atoms with Crippen molar-refractivity contribution in [3.8, 4) is 0 Å². The summed E-state index contributed by atoms with van der Waals surface area (Å²) >= 11 is 0. The van der Waals surface area contributed by atoms with Crippen LogP contribution in [0.2, 0.25) is 0 Å². The predicted octanol–water partition coefficient (Wildman–Crippen LogP) is 0.795. The molecule has 2 N–H and O–H groups in total. The first-order chi connectivity index (χ1) is 21.8. The summed E-state index contributed by atoms with van der Waals surface area (Å²) in [7, 11) is 1.47. The highest BCUT2D eigenvalue weighted by molar-refractivity contribution is 6.13. The normalized spacial score (nSPS) is 35.5. The van der Waals surface area contributed by atoms with Gasteiger partial charge in [-0.15, -0.1) is 0 Å². The molecule has 6 rings (SSSR count). The lowest BCUT2D eigenvalue weighted by atomic mass is 9.53. The fourth-order valence-electron chi connectivity index (χ4n) is 8.46. The standard InChI is InChI=1S/C33H41N3O10/c1-18(37)45-21-15-32(2)20(5-6-22(32)38)26-28(21)33(3)23(17-44-4)46-31(43)19(27(33)30(42)29(26)41)16-35-11-9-34(10-12-35)13-14-36-24(39)7-8-25(36)40/h7-8,16,20-23,38,42H,5-6,9-15,17H2,1-4H3/b19-16+/t20?,21-,22+,23-,32+,33+/m1/s1. The van der Waals surface area contributed by atoms with Gasteiger partial charge in [0, 0.05) is 88.2 Å². The van der Waals surface area contributed by atoms with E-state index in [4.69, 9.17) is 14.2 Å². The molecule has 2 amide bonds. The van der Waals surface area contributed by atoms with Crippen LogP contribution in [0.4, 0.5) is 0 Å². The highest BCUT2D eigenvalue weighted by Gasteiger charge is 2.64. The summed E-state index contributed by atoms with van der Waals surface area (Å²) in [4.78, 5) is 69.3. The lowest BCUT2D eigenvalue weighted by Crippen LogP contribution is -2.57. The summed E-state index contributed by atoms with van der Waals surface area (Å²) in [6.07, 6.45) is 2.84. The second-order valence-corrected chi connectivity index (χ2v) is 13.5. The first-order valence-corrected chi connectivity index (χ1v) is 15.8. The number of Topliss-reactive ketones (excluding diaryl/α,β-unsaturated/α-hetero) is 1. The predicted molar refractivity (Wildman–Crippen MR) is 161 cm³/mol. The number of methoxy groups -OCH3 is 1. The maximum atomic E-state index is 14.2. The van der Waals surface area contributed by atoms with Crippen molar-refractivity contribution in [2.45, 2.75) is 58.3 Å². The van der Waals surface area contributed by atoms with Gasteiger partial charge in [-0.3, -0.25) is 29.0 Å². The van der Waals surface area contributed by atoms with Gasteiger partial charge in [0.2, 0.25) is 5.78 Å². The average molecular weight is 640 g/mol. The topological polar surface area (TPSA) is 163 Å². The highest BCUT2D eigenvalue weighted by Crippen LogP contribution is 2.63. The van der Waals surface area contributed by atoms with E-state index in [1.165, 1.54) is 31.1 Å². The Labute approximate surface area is 267 Å². The summed E-state index contributed by atoms with van der Waals surface area (Å²) in [5.41, 5.74) is -1.06. The van der Waals surface area contributed by atoms with E-state index in [0.717, 1.165) is 0 Å². The van der Waals surface area contributed by atoms with Gasteiger partial charge in [0.15, 0.2) is 5.76 Å². The molecule has 3 aliphatic carbocycles. The summed E-state index contributed by atoms with van der Waals surface area (Å²) < 4.78 is 17.4. The lowest BCUT2D eigenvalue weighted by Gasteiger charge is -2.54. The lowest BCUT2D eigenvalue weighted by molar-refractivity contribution is -0.161. The van der Waals surface area contributed by atoms with Gasteiger partial charge < -0.3 is 29.3 Å². The van der Waals surface area contributed by atoms with Crippen LogP contribution in [0.1, 0.15) is 40.0 Å². The van der Waals surface area contributed by atoms with Crippen LogP contribution in [-0.4, -0.2) is 126 Å². The zero-order valence-electron chi connectivity index (χ0n) is 26.6. The molecule has 3 aliphatic heterocycles. The Hall–Kier alpha value is -3.81. The van der Waals surface area contributed by atoms with Crippen LogP contribution in [0.3, 0.4) is 0 Å². The molecule has 0 radical (unpaired) electrons. The quantitative estimate of drug-likeness (QED) is 0.229. The molecule has 0 aromatic carbocycles. The fraction of sp³-hybridized carbons (Fsp3) is 0.606. The smallest absolute Gasteiger partial charge is 0.340 e. The molecule has 0 aromatic heterocycles. The van der Waals surface area contributed by atoms with Crippen LogP contribution in [0.25, 0.3) is 0 Å². The molecule has 6 atom stereocenters. The molecule has 3 heterocycles. The van der Waals surface area contributed by atoms with Crippen molar-refractivity contribution < 1.29 is 48.4 Å². The number of esters is 2. The van der Waals surface area contributed by atoms with Crippen molar-refractivity contribution in [2.75, 3.05) is 53.0 Å². The SMILES string of the molecule is COC[C@H]1OC(=O)/C(=C/N2CCN(CCN3C(=O)C=CC3=O)CC2)C2=C(O)C(=O)C3=C([C@H](OC(C)=O)C[C@@]4(C)C3CC[C@@H]4O)[C@]21C. The van der Waals surface area contributed by atoms with Crippen molar-refractivity contribution in [1.82, 2.24) is 14.7 Å². The van der Waals surface area contributed by atoms with Crippen molar-refractivity contribution in [1.29, 1.82) is 0 Å². The number of piperazine rings is 1. The number of imide groups is 1. The molecule has 13 heteroatoms. The van der Waals surface area contributed by atoms with E-state index in [0.29, 0.717) is 56.7 Å². The van der Waals surface area contributed by atoms with Gasteiger partial charge in [0.1, 0.15) is 12.2 Å². The molecule has 1 unspecified atom stereocenters.